The van der Waals surface area contributed by atoms with Crippen LogP contribution in [0.25, 0.3) is 5.69 Å². The molecule has 88 valence electrons. The Morgan fingerprint density at radius 3 is 2.82 bits per heavy atom. The lowest BCUT2D eigenvalue weighted by Crippen LogP contribution is -2.03. The van der Waals surface area contributed by atoms with Crippen LogP contribution in [0.1, 0.15) is 16.2 Å². The number of hydrogen-bond donors (Lipinski definition) is 1. The second-order valence-corrected chi connectivity index (χ2v) is 4.51. The summed E-state index contributed by atoms with van der Waals surface area (Å²) in [5.74, 6) is -1.10. The maximum absolute atomic E-state index is 10.9. The molecule has 1 aromatic carbocycles. The fourth-order valence-corrected chi connectivity index (χ4v) is 2.01. The van der Waals surface area contributed by atoms with Crippen LogP contribution in [-0.4, -0.2) is 26.1 Å². The first-order chi connectivity index (χ1) is 8.02. The van der Waals surface area contributed by atoms with Gasteiger partial charge < -0.3 is 5.11 Å². The predicted molar refractivity (Wildman–Crippen MR) is 65.8 cm³/mol. The van der Waals surface area contributed by atoms with Gasteiger partial charge in [0.15, 0.2) is 5.69 Å². The maximum Gasteiger partial charge on any atom is 0.358 e. The number of carboxylic acids is 1. The van der Waals surface area contributed by atoms with Gasteiger partial charge in [0, 0.05) is 0 Å². The Morgan fingerprint density at radius 2 is 2.24 bits per heavy atom. The van der Waals surface area contributed by atoms with E-state index in [0.29, 0.717) is 20.9 Å². The van der Waals surface area contributed by atoms with Crippen LogP contribution in [0.15, 0.2) is 22.7 Å². The Morgan fingerprint density at radius 1 is 1.53 bits per heavy atom. The first kappa shape index (κ1) is 12.1. The van der Waals surface area contributed by atoms with E-state index in [1.54, 1.807) is 25.1 Å². The molecule has 7 heteroatoms. The molecule has 1 heterocycles. The van der Waals surface area contributed by atoms with Gasteiger partial charge in [-0.2, -0.15) is 0 Å². The van der Waals surface area contributed by atoms with Crippen LogP contribution in [-0.2, 0) is 0 Å². The molecule has 0 unspecified atom stereocenters. The molecule has 0 spiro atoms. The van der Waals surface area contributed by atoms with Crippen molar-refractivity contribution < 1.29 is 9.90 Å². The average Bonchev–Trinajstić information content (AvgIpc) is 2.64. The van der Waals surface area contributed by atoms with E-state index in [1.807, 2.05) is 0 Å². The minimum Gasteiger partial charge on any atom is -0.476 e. The highest BCUT2D eigenvalue weighted by Crippen LogP contribution is 2.29. The predicted octanol–water partition coefficient (Wildman–Crippen LogP) is 2.69. The summed E-state index contributed by atoms with van der Waals surface area (Å²) in [6.45, 7) is 1.64. The van der Waals surface area contributed by atoms with Crippen molar-refractivity contribution in [3.05, 3.63) is 39.1 Å². The number of aromatic carboxylic acids is 1. The zero-order valence-corrected chi connectivity index (χ0v) is 11.0. The molecule has 0 saturated carbocycles. The Bertz CT molecular complexity index is 597. The summed E-state index contributed by atoms with van der Waals surface area (Å²) in [6.07, 6.45) is 0. The third kappa shape index (κ3) is 2.05. The topological polar surface area (TPSA) is 68.0 Å². The summed E-state index contributed by atoms with van der Waals surface area (Å²) in [7, 11) is 0. The van der Waals surface area contributed by atoms with Crippen LogP contribution in [0.4, 0.5) is 0 Å². The Kier molecular flexibility index (Phi) is 3.17. The van der Waals surface area contributed by atoms with Gasteiger partial charge >= 0.3 is 5.97 Å². The van der Waals surface area contributed by atoms with Gasteiger partial charge in [0.1, 0.15) is 0 Å². The molecule has 2 aromatic rings. The van der Waals surface area contributed by atoms with Crippen LogP contribution < -0.4 is 0 Å². The monoisotopic (exact) mass is 315 g/mol. The number of carbonyl (C=O) groups is 1. The highest BCUT2D eigenvalue weighted by molar-refractivity contribution is 9.10. The highest BCUT2D eigenvalue weighted by Gasteiger charge is 2.17. The zero-order valence-electron chi connectivity index (χ0n) is 8.69. The molecule has 2 rings (SSSR count). The second-order valence-electron chi connectivity index (χ2n) is 3.31. The van der Waals surface area contributed by atoms with E-state index in [1.165, 1.54) is 4.68 Å². The van der Waals surface area contributed by atoms with Gasteiger partial charge in [0.2, 0.25) is 0 Å². The van der Waals surface area contributed by atoms with E-state index in [9.17, 15) is 4.79 Å². The van der Waals surface area contributed by atoms with Crippen molar-refractivity contribution in [2.75, 3.05) is 0 Å². The van der Waals surface area contributed by atoms with E-state index < -0.39 is 5.97 Å². The maximum atomic E-state index is 10.9. The quantitative estimate of drug-likeness (QED) is 0.925. The molecule has 5 nitrogen and oxygen atoms in total. The van der Waals surface area contributed by atoms with Gasteiger partial charge in [0.25, 0.3) is 0 Å². The Labute approximate surface area is 110 Å². The third-order valence-electron chi connectivity index (χ3n) is 2.26. The van der Waals surface area contributed by atoms with E-state index in [0.717, 1.165) is 0 Å². The lowest BCUT2D eigenvalue weighted by Gasteiger charge is -2.06. The van der Waals surface area contributed by atoms with Gasteiger partial charge in [-0.25, -0.2) is 9.48 Å². The number of rotatable bonds is 2. The second kappa shape index (κ2) is 4.46. The standard InChI is InChI=1S/C10H7BrClN3O2/c1-5-9(10(16)17)13-14-15(5)7-4-2-3-6(12)8(7)11/h2-4H,1H3,(H,16,17). The highest BCUT2D eigenvalue weighted by atomic mass is 79.9. The van der Waals surface area contributed by atoms with Crippen molar-refractivity contribution in [3.63, 3.8) is 0 Å². The SMILES string of the molecule is Cc1c(C(=O)O)nnn1-c1cccc(Cl)c1Br. The molecule has 17 heavy (non-hydrogen) atoms. The number of hydrogen-bond acceptors (Lipinski definition) is 3. The first-order valence-corrected chi connectivity index (χ1v) is 5.79. The molecule has 1 aromatic heterocycles. The first-order valence-electron chi connectivity index (χ1n) is 4.62. The molecule has 0 bridgehead atoms. The van der Waals surface area contributed by atoms with Crippen LogP contribution in [0.5, 0.6) is 0 Å². The van der Waals surface area contributed by atoms with Crippen molar-refractivity contribution in [2.45, 2.75) is 6.92 Å². The molecule has 1 N–H and O–H groups in total. The van der Waals surface area contributed by atoms with E-state index >= 15 is 0 Å². The molecule has 0 saturated heterocycles. The molecule has 0 atom stereocenters. The minimum atomic E-state index is -1.10. The number of aromatic nitrogens is 3. The lowest BCUT2D eigenvalue weighted by atomic mass is 10.3. The minimum absolute atomic E-state index is 0.0723. The fraction of sp³-hybridized carbons (Fsp3) is 0.100. The van der Waals surface area contributed by atoms with Gasteiger partial charge in [0.05, 0.1) is 20.9 Å². The number of nitrogens with zero attached hydrogens (tertiary/aromatic N) is 3. The van der Waals surface area contributed by atoms with Crippen molar-refractivity contribution in [2.24, 2.45) is 0 Å². The zero-order chi connectivity index (χ0) is 12.6. The van der Waals surface area contributed by atoms with Gasteiger partial charge in [-0.05, 0) is 35.0 Å². The van der Waals surface area contributed by atoms with Crippen LogP contribution in [0, 0.1) is 6.92 Å². The van der Waals surface area contributed by atoms with Crippen LogP contribution in [0.2, 0.25) is 5.02 Å². The van der Waals surface area contributed by atoms with E-state index in [-0.39, 0.29) is 5.69 Å². The molecule has 0 aliphatic heterocycles. The summed E-state index contributed by atoms with van der Waals surface area (Å²) in [6, 6.07) is 5.24. The fourth-order valence-electron chi connectivity index (χ4n) is 1.41. The molecule has 0 aliphatic carbocycles. The van der Waals surface area contributed by atoms with Crippen molar-refractivity contribution in [1.29, 1.82) is 0 Å². The summed E-state index contributed by atoms with van der Waals surface area (Å²) in [5, 5.41) is 16.8. The van der Waals surface area contributed by atoms with Gasteiger partial charge in [-0.15, -0.1) is 5.10 Å². The average molecular weight is 317 g/mol. The van der Waals surface area contributed by atoms with Gasteiger partial charge in [-0.3, -0.25) is 0 Å². The number of benzene rings is 1. The number of carboxylic acid groups (broad SMARTS) is 1. The van der Waals surface area contributed by atoms with E-state index in [2.05, 4.69) is 26.2 Å². The third-order valence-corrected chi connectivity index (χ3v) is 3.63. The van der Waals surface area contributed by atoms with Gasteiger partial charge in [-0.1, -0.05) is 22.9 Å². The molecule has 0 aliphatic rings. The smallest absolute Gasteiger partial charge is 0.358 e. The summed E-state index contributed by atoms with van der Waals surface area (Å²) in [4.78, 5) is 10.9. The lowest BCUT2D eigenvalue weighted by molar-refractivity contribution is 0.0689. The molecule has 0 fully saturated rings. The summed E-state index contributed by atoms with van der Waals surface area (Å²) in [5.41, 5.74) is 1.02. The molecular formula is C10H7BrClN3O2. The molecule has 0 radical (unpaired) electrons. The largest absolute Gasteiger partial charge is 0.476 e. The van der Waals surface area contributed by atoms with Crippen LogP contribution >= 0.6 is 27.5 Å². The summed E-state index contributed by atoms with van der Waals surface area (Å²) < 4.78 is 2.07. The molecular weight excluding hydrogens is 309 g/mol. The van der Waals surface area contributed by atoms with Crippen molar-refractivity contribution in [1.82, 2.24) is 15.0 Å². The van der Waals surface area contributed by atoms with Crippen LogP contribution in [0.3, 0.4) is 0 Å². The van der Waals surface area contributed by atoms with Crippen molar-refractivity contribution in [3.8, 4) is 5.69 Å². The Hall–Kier alpha value is -1.40. The molecule has 0 amide bonds. The number of halogens is 2. The Balaban J connectivity index is 2.62. The van der Waals surface area contributed by atoms with E-state index in [4.69, 9.17) is 16.7 Å². The normalized spacial score (nSPS) is 10.5. The van der Waals surface area contributed by atoms with Crippen molar-refractivity contribution >= 4 is 33.5 Å². The summed E-state index contributed by atoms with van der Waals surface area (Å²) >= 11 is 9.29.